The summed E-state index contributed by atoms with van der Waals surface area (Å²) in [7, 11) is -3.18. The summed E-state index contributed by atoms with van der Waals surface area (Å²) >= 11 is 0. The molecule has 3 heterocycles. The third-order valence-corrected chi connectivity index (χ3v) is 6.75. The lowest BCUT2D eigenvalue weighted by Gasteiger charge is -2.37. The van der Waals surface area contributed by atoms with Gasteiger partial charge < -0.3 is 9.64 Å². The zero-order valence-electron chi connectivity index (χ0n) is 11.9. The minimum Gasteiger partial charge on any atom is -0.378 e. The lowest BCUT2D eigenvalue weighted by Crippen LogP contribution is -2.55. The fraction of sp³-hybridized carbons (Fsp3) is 0.769. The van der Waals surface area contributed by atoms with Crippen molar-refractivity contribution < 1.29 is 13.2 Å². The van der Waals surface area contributed by atoms with E-state index in [1.54, 1.807) is 4.31 Å². The average Bonchev–Trinajstić information content (AvgIpc) is 3.14. The molecule has 0 unspecified atom stereocenters. The maximum Gasteiger partial charge on any atom is 0.221 e. The van der Waals surface area contributed by atoms with Crippen LogP contribution in [0, 0.1) is 0 Å². The number of aromatic nitrogens is 2. The number of sulfonamides is 1. The van der Waals surface area contributed by atoms with Crippen molar-refractivity contribution in [3.63, 3.8) is 0 Å². The van der Waals surface area contributed by atoms with Gasteiger partial charge in [-0.3, -0.25) is 5.10 Å². The molecule has 1 aromatic rings. The zero-order valence-corrected chi connectivity index (χ0v) is 12.7. The molecule has 2 aliphatic heterocycles. The minimum atomic E-state index is -3.18. The second-order valence-electron chi connectivity index (χ2n) is 6.05. The Balaban J connectivity index is 1.39. The summed E-state index contributed by atoms with van der Waals surface area (Å²) in [5, 5.41) is 7.13. The molecule has 0 bridgehead atoms. The summed E-state index contributed by atoms with van der Waals surface area (Å²) in [6.45, 7) is 3.14. The van der Waals surface area contributed by atoms with Crippen LogP contribution in [0.4, 0.5) is 5.82 Å². The molecule has 4 rings (SSSR count). The molecule has 0 atom stereocenters. The van der Waals surface area contributed by atoms with E-state index in [9.17, 15) is 8.42 Å². The van der Waals surface area contributed by atoms with Crippen molar-refractivity contribution in [2.75, 3.05) is 44.3 Å². The van der Waals surface area contributed by atoms with E-state index in [4.69, 9.17) is 4.74 Å². The molecule has 1 saturated carbocycles. The van der Waals surface area contributed by atoms with E-state index in [1.165, 1.54) is 18.5 Å². The third-order valence-electron chi connectivity index (χ3n) is 4.55. The van der Waals surface area contributed by atoms with Gasteiger partial charge in [0.2, 0.25) is 10.0 Å². The topological polar surface area (TPSA) is 78.5 Å². The van der Waals surface area contributed by atoms with Crippen molar-refractivity contribution in [2.45, 2.75) is 24.0 Å². The smallest absolute Gasteiger partial charge is 0.221 e. The first kappa shape index (κ1) is 13.5. The molecule has 2 saturated heterocycles. The lowest BCUT2D eigenvalue weighted by atomic mass is 10.3. The van der Waals surface area contributed by atoms with Gasteiger partial charge in [-0.25, -0.2) is 8.42 Å². The van der Waals surface area contributed by atoms with Crippen LogP contribution in [0.5, 0.6) is 0 Å². The van der Waals surface area contributed by atoms with Gasteiger partial charge in [0.25, 0.3) is 0 Å². The van der Waals surface area contributed by atoms with E-state index in [0.29, 0.717) is 45.3 Å². The predicted octanol–water partition coefficient (Wildman–Crippen LogP) is 0.138. The third kappa shape index (κ3) is 2.45. The van der Waals surface area contributed by atoms with Crippen molar-refractivity contribution in [3.8, 4) is 0 Å². The highest BCUT2D eigenvalue weighted by Gasteiger charge is 2.38. The molecular formula is C13H20N4O3S. The van der Waals surface area contributed by atoms with E-state index in [0.717, 1.165) is 5.82 Å². The summed E-state index contributed by atoms with van der Waals surface area (Å²) in [6, 6.07) is 2.11. The molecule has 7 nitrogen and oxygen atoms in total. The molecule has 116 valence electrons. The Morgan fingerprint density at radius 2 is 1.90 bits per heavy atom. The molecule has 0 spiro atoms. The lowest BCUT2D eigenvalue weighted by molar-refractivity contribution is 0.0391. The largest absolute Gasteiger partial charge is 0.378 e. The van der Waals surface area contributed by atoms with Gasteiger partial charge in [-0.05, 0) is 12.8 Å². The van der Waals surface area contributed by atoms with Crippen LogP contribution in [-0.2, 0) is 14.8 Å². The Bertz CT molecular complexity index is 613. The molecule has 3 fully saturated rings. The van der Waals surface area contributed by atoms with Crippen molar-refractivity contribution in [1.29, 1.82) is 0 Å². The van der Waals surface area contributed by atoms with E-state index in [-0.39, 0.29) is 5.25 Å². The van der Waals surface area contributed by atoms with Gasteiger partial charge in [0.15, 0.2) is 5.82 Å². The van der Waals surface area contributed by atoms with Crippen LogP contribution in [0.2, 0.25) is 0 Å². The summed E-state index contributed by atoms with van der Waals surface area (Å²) in [5.74, 6) is 1.60. The Hall–Kier alpha value is -1.12. The SMILES string of the molecule is O=S(=O)(C1COC1)N1CCN(c2cc(C3CC3)[nH]n2)CC1. The molecule has 0 amide bonds. The van der Waals surface area contributed by atoms with Gasteiger partial charge in [-0.2, -0.15) is 9.40 Å². The Morgan fingerprint density at radius 1 is 1.19 bits per heavy atom. The number of ether oxygens (including phenoxy) is 1. The van der Waals surface area contributed by atoms with Crippen LogP contribution >= 0.6 is 0 Å². The first-order chi connectivity index (χ1) is 10.1. The number of rotatable bonds is 4. The first-order valence-corrected chi connectivity index (χ1v) is 9.02. The van der Waals surface area contributed by atoms with E-state index < -0.39 is 10.0 Å². The Morgan fingerprint density at radius 3 is 2.48 bits per heavy atom. The highest BCUT2D eigenvalue weighted by Crippen LogP contribution is 2.39. The van der Waals surface area contributed by atoms with Gasteiger partial charge in [0, 0.05) is 43.9 Å². The van der Waals surface area contributed by atoms with Crippen LogP contribution in [0.25, 0.3) is 0 Å². The van der Waals surface area contributed by atoms with Gasteiger partial charge in [-0.15, -0.1) is 0 Å². The predicted molar refractivity (Wildman–Crippen MR) is 77.9 cm³/mol. The fourth-order valence-electron chi connectivity index (χ4n) is 2.86. The van der Waals surface area contributed by atoms with Crippen molar-refractivity contribution >= 4 is 15.8 Å². The van der Waals surface area contributed by atoms with Crippen LogP contribution in [0.1, 0.15) is 24.5 Å². The molecule has 1 aromatic heterocycles. The van der Waals surface area contributed by atoms with Gasteiger partial charge in [0.05, 0.1) is 13.2 Å². The summed E-state index contributed by atoms with van der Waals surface area (Å²) < 4.78 is 31.2. The monoisotopic (exact) mass is 312 g/mol. The standard InChI is InChI=1S/C13H20N4O3S/c18-21(19,11-8-20-9-11)17-5-3-16(4-6-17)13-7-12(14-15-13)10-1-2-10/h7,10-11H,1-6,8-9H2,(H,14,15). The first-order valence-electron chi connectivity index (χ1n) is 7.51. The summed E-state index contributed by atoms with van der Waals surface area (Å²) in [6.07, 6.45) is 2.49. The van der Waals surface area contributed by atoms with Gasteiger partial charge in [-0.1, -0.05) is 0 Å². The van der Waals surface area contributed by atoms with Crippen molar-refractivity contribution in [3.05, 3.63) is 11.8 Å². The Kier molecular flexibility index (Phi) is 3.20. The molecule has 1 N–H and O–H groups in total. The molecule has 8 heteroatoms. The maximum atomic E-state index is 12.3. The average molecular weight is 312 g/mol. The maximum absolute atomic E-state index is 12.3. The summed E-state index contributed by atoms with van der Waals surface area (Å²) in [5.41, 5.74) is 1.21. The molecule has 1 aliphatic carbocycles. The van der Waals surface area contributed by atoms with E-state index in [1.807, 2.05) is 0 Å². The van der Waals surface area contributed by atoms with Crippen LogP contribution in [-0.4, -0.2) is 67.6 Å². The number of H-pyrrole nitrogens is 1. The quantitative estimate of drug-likeness (QED) is 0.855. The second-order valence-corrected chi connectivity index (χ2v) is 8.26. The van der Waals surface area contributed by atoms with Crippen molar-refractivity contribution in [1.82, 2.24) is 14.5 Å². The number of anilines is 1. The van der Waals surface area contributed by atoms with Crippen LogP contribution in [0.3, 0.4) is 0 Å². The highest BCUT2D eigenvalue weighted by molar-refractivity contribution is 7.89. The molecule has 0 radical (unpaired) electrons. The number of nitrogens with one attached hydrogen (secondary N) is 1. The van der Waals surface area contributed by atoms with Crippen LogP contribution in [0.15, 0.2) is 6.07 Å². The normalized spacial score (nSPS) is 25.0. The fourth-order valence-corrected chi connectivity index (χ4v) is 4.49. The van der Waals surface area contributed by atoms with E-state index in [2.05, 4.69) is 21.2 Å². The van der Waals surface area contributed by atoms with Crippen molar-refractivity contribution in [2.24, 2.45) is 0 Å². The van der Waals surface area contributed by atoms with Gasteiger partial charge >= 0.3 is 0 Å². The number of aromatic amines is 1. The number of piperazine rings is 1. The summed E-state index contributed by atoms with van der Waals surface area (Å²) in [4.78, 5) is 2.16. The number of hydrogen-bond acceptors (Lipinski definition) is 5. The number of nitrogens with zero attached hydrogens (tertiary/aromatic N) is 3. The molecule has 21 heavy (non-hydrogen) atoms. The highest BCUT2D eigenvalue weighted by atomic mass is 32.2. The second kappa shape index (κ2) is 4.96. The minimum absolute atomic E-state index is 0.337. The number of hydrogen-bond donors (Lipinski definition) is 1. The molecule has 0 aromatic carbocycles. The zero-order chi connectivity index (χ0) is 14.4. The molecule has 3 aliphatic rings. The van der Waals surface area contributed by atoms with Gasteiger partial charge in [0.1, 0.15) is 5.25 Å². The molecular weight excluding hydrogens is 292 g/mol. The van der Waals surface area contributed by atoms with Crippen LogP contribution < -0.4 is 4.90 Å². The van der Waals surface area contributed by atoms with E-state index >= 15 is 0 Å². The Labute approximate surface area is 124 Å².